The van der Waals surface area contributed by atoms with Gasteiger partial charge in [-0.1, -0.05) is 11.6 Å². The molecule has 1 aromatic carbocycles. The van der Waals surface area contributed by atoms with Crippen LogP contribution in [0.5, 0.6) is 5.75 Å². The maximum absolute atomic E-state index is 6.23. The largest absolute Gasteiger partial charge is 0.484 e. The Hall–Kier alpha value is -1.03. The minimum absolute atomic E-state index is 0.0149. The molecule has 0 saturated carbocycles. The SMILES string of the molecule is Cc1ccsc1C1C[C@H](N)c2cc(Cl)ccc2O1. The molecule has 2 nitrogen and oxygen atoms in total. The van der Waals surface area contributed by atoms with Crippen molar-refractivity contribution < 1.29 is 4.74 Å². The number of halogens is 1. The van der Waals surface area contributed by atoms with E-state index in [1.165, 1.54) is 10.4 Å². The van der Waals surface area contributed by atoms with E-state index in [2.05, 4.69) is 18.4 Å². The highest BCUT2D eigenvalue weighted by atomic mass is 35.5. The highest BCUT2D eigenvalue weighted by Crippen LogP contribution is 2.42. The molecule has 0 spiro atoms. The van der Waals surface area contributed by atoms with E-state index >= 15 is 0 Å². The second-order valence-corrected chi connectivity index (χ2v) is 5.98. The molecule has 1 aromatic heterocycles. The van der Waals surface area contributed by atoms with Crippen LogP contribution in [-0.4, -0.2) is 0 Å². The summed E-state index contributed by atoms with van der Waals surface area (Å²) in [7, 11) is 0. The number of hydrogen-bond donors (Lipinski definition) is 1. The van der Waals surface area contributed by atoms with Crippen LogP contribution in [-0.2, 0) is 0 Å². The van der Waals surface area contributed by atoms with E-state index in [9.17, 15) is 0 Å². The maximum atomic E-state index is 6.23. The fourth-order valence-electron chi connectivity index (χ4n) is 2.35. The predicted octanol–water partition coefficient (Wildman–Crippen LogP) is 4.23. The fraction of sp³-hybridized carbons (Fsp3) is 0.286. The summed E-state index contributed by atoms with van der Waals surface area (Å²) in [6, 6.07) is 7.76. The molecule has 0 saturated heterocycles. The Labute approximate surface area is 115 Å². The zero-order valence-corrected chi connectivity index (χ0v) is 11.6. The summed E-state index contributed by atoms with van der Waals surface area (Å²) >= 11 is 7.72. The molecular formula is C14H14ClNOS. The first kappa shape index (κ1) is 12.0. The number of ether oxygens (including phenoxy) is 1. The molecule has 94 valence electrons. The number of fused-ring (bicyclic) bond motifs is 1. The van der Waals surface area contributed by atoms with Crippen molar-refractivity contribution in [3.8, 4) is 5.75 Å². The summed E-state index contributed by atoms with van der Waals surface area (Å²) < 4.78 is 6.05. The topological polar surface area (TPSA) is 35.2 Å². The highest BCUT2D eigenvalue weighted by Gasteiger charge is 2.28. The molecule has 3 rings (SSSR count). The van der Waals surface area contributed by atoms with E-state index < -0.39 is 0 Å². The highest BCUT2D eigenvalue weighted by molar-refractivity contribution is 7.10. The lowest BCUT2D eigenvalue weighted by atomic mass is 9.96. The standard InChI is InChI=1S/C14H14ClNOS/c1-8-4-5-18-14(8)13-7-11(16)10-6-9(15)2-3-12(10)17-13/h2-6,11,13H,7,16H2,1H3/t11-,13?/m0/s1. The smallest absolute Gasteiger partial charge is 0.135 e. The van der Waals surface area contributed by atoms with Gasteiger partial charge in [-0.05, 0) is 42.1 Å². The Kier molecular flexibility index (Phi) is 3.06. The number of rotatable bonds is 1. The van der Waals surface area contributed by atoms with Gasteiger partial charge in [-0.15, -0.1) is 11.3 Å². The number of benzene rings is 1. The minimum Gasteiger partial charge on any atom is -0.484 e. The number of aryl methyl sites for hydroxylation is 1. The molecule has 2 aromatic rings. The average Bonchev–Trinajstić information content (AvgIpc) is 2.76. The van der Waals surface area contributed by atoms with Gasteiger partial charge >= 0.3 is 0 Å². The Bertz CT molecular complexity index is 581. The first-order valence-corrected chi connectivity index (χ1v) is 7.16. The van der Waals surface area contributed by atoms with Gasteiger partial charge in [-0.2, -0.15) is 0 Å². The zero-order chi connectivity index (χ0) is 12.7. The van der Waals surface area contributed by atoms with Gasteiger partial charge in [0.15, 0.2) is 0 Å². The van der Waals surface area contributed by atoms with E-state index in [-0.39, 0.29) is 12.1 Å². The molecule has 0 bridgehead atoms. The third-order valence-electron chi connectivity index (χ3n) is 3.30. The van der Waals surface area contributed by atoms with Crippen LogP contribution >= 0.6 is 22.9 Å². The molecule has 18 heavy (non-hydrogen) atoms. The molecule has 1 aliphatic heterocycles. The molecule has 0 aliphatic carbocycles. The van der Waals surface area contributed by atoms with E-state index in [0.717, 1.165) is 17.7 Å². The molecule has 0 radical (unpaired) electrons. The van der Waals surface area contributed by atoms with Crippen LogP contribution in [0.4, 0.5) is 0 Å². The van der Waals surface area contributed by atoms with Crippen LogP contribution in [0.25, 0.3) is 0 Å². The summed E-state index contributed by atoms with van der Waals surface area (Å²) in [5.41, 5.74) is 8.51. The lowest BCUT2D eigenvalue weighted by Gasteiger charge is -2.30. The first-order valence-electron chi connectivity index (χ1n) is 5.91. The van der Waals surface area contributed by atoms with Crippen LogP contribution < -0.4 is 10.5 Å². The average molecular weight is 280 g/mol. The van der Waals surface area contributed by atoms with Crippen molar-refractivity contribution in [1.29, 1.82) is 0 Å². The van der Waals surface area contributed by atoms with Gasteiger partial charge in [0.1, 0.15) is 11.9 Å². The third kappa shape index (κ3) is 2.03. The summed E-state index contributed by atoms with van der Waals surface area (Å²) in [4.78, 5) is 1.27. The molecule has 1 aliphatic rings. The molecular weight excluding hydrogens is 266 g/mol. The minimum atomic E-state index is -0.0149. The Balaban J connectivity index is 1.97. The van der Waals surface area contributed by atoms with Crippen LogP contribution in [0.15, 0.2) is 29.6 Å². The van der Waals surface area contributed by atoms with Gasteiger partial charge < -0.3 is 10.5 Å². The van der Waals surface area contributed by atoms with Crippen LogP contribution in [0.2, 0.25) is 5.02 Å². The maximum Gasteiger partial charge on any atom is 0.135 e. The van der Waals surface area contributed by atoms with Crippen molar-refractivity contribution in [3.63, 3.8) is 0 Å². The Morgan fingerprint density at radius 3 is 2.94 bits per heavy atom. The first-order chi connectivity index (χ1) is 8.65. The van der Waals surface area contributed by atoms with E-state index in [1.54, 1.807) is 11.3 Å². The molecule has 1 unspecified atom stereocenters. The molecule has 2 atom stereocenters. The molecule has 4 heteroatoms. The third-order valence-corrected chi connectivity index (χ3v) is 4.65. The van der Waals surface area contributed by atoms with E-state index in [1.807, 2.05) is 18.2 Å². The normalized spacial score (nSPS) is 22.4. The van der Waals surface area contributed by atoms with Crippen molar-refractivity contribution in [3.05, 3.63) is 50.7 Å². The quantitative estimate of drug-likeness (QED) is 0.848. The lowest BCUT2D eigenvalue weighted by molar-refractivity contribution is 0.164. The van der Waals surface area contributed by atoms with Crippen molar-refractivity contribution in [2.75, 3.05) is 0 Å². The van der Waals surface area contributed by atoms with Gasteiger partial charge in [-0.3, -0.25) is 0 Å². The molecule has 0 amide bonds. The van der Waals surface area contributed by atoms with Crippen LogP contribution in [0, 0.1) is 6.92 Å². The summed E-state index contributed by atoms with van der Waals surface area (Å²) in [5.74, 6) is 0.857. The van der Waals surface area contributed by atoms with Crippen LogP contribution in [0.3, 0.4) is 0 Å². The van der Waals surface area contributed by atoms with Gasteiger partial charge in [0, 0.05) is 27.9 Å². The van der Waals surface area contributed by atoms with Gasteiger partial charge in [-0.25, -0.2) is 0 Å². The fourth-order valence-corrected chi connectivity index (χ4v) is 3.50. The Morgan fingerprint density at radius 2 is 2.22 bits per heavy atom. The summed E-state index contributed by atoms with van der Waals surface area (Å²) in [6.07, 6.45) is 0.864. The zero-order valence-electron chi connectivity index (χ0n) is 10.0. The van der Waals surface area contributed by atoms with Crippen molar-refractivity contribution in [2.45, 2.75) is 25.5 Å². The number of thiophene rings is 1. The van der Waals surface area contributed by atoms with Gasteiger partial charge in [0.05, 0.1) is 0 Å². The number of hydrogen-bond acceptors (Lipinski definition) is 3. The van der Waals surface area contributed by atoms with E-state index in [0.29, 0.717) is 5.02 Å². The molecule has 0 fully saturated rings. The van der Waals surface area contributed by atoms with E-state index in [4.69, 9.17) is 22.1 Å². The summed E-state index contributed by atoms with van der Waals surface area (Å²) in [6.45, 7) is 2.11. The van der Waals surface area contributed by atoms with Crippen molar-refractivity contribution >= 4 is 22.9 Å². The lowest BCUT2D eigenvalue weighted by Crippen LogP contribution is -2.23. The van der Waals surface area contributed by atoms with Crippen LogP contribution in [0.1, 0.15) is 34.6 Å². The summed E-state index contributed by atoms with van der Waals surface area (Å²) in [5, 5.41) is 2.80. The van der Waals surface area contributed by atoms with Crippen molar-refractivity contribution in [2.24, 2.45) is 5.73 Å². The van der Waals surface area contributed by atoms with Gasteiger partial charge in [0.25, 0.3) is 0 Å². The monoisotopic (exact) mass is 279 g/mol. The number of nitrogens with two attached hydrogens (primary N) is 1. The van der Waals surface area contributed by atoms with Crippen molar-refractivity contribution in [1.82, 2.24) is 0 Å². The van der Waals surface area contributed by atoms with Gasteiger partial charge in [0.2, 0.25) is 0 Å². The predicted molar refractivity (Wildman–Crippen MR) is 75.4 cm³/mol. The Morgan fingerprint density at radius 1 is 1.39 bits per heavy atom. The molecule has 2 heterocycles. The molecule has 2 N–H and O–H groups in total. The second-order valence-electron chi connectivity index (χ2n) is 4.60. The second kappa shape index (κ2) is 4.57.